The summed E-state index contributed by atoms with van der Waals surface area (Å²) in [7, 11) is 1.57. The Bertz CT molecular complexity index is 950. The van der Waals surface area contributed by atoms with Crippen molar-refractivity contribution in [2.45, 2.75) is 18.9 Å². The molecule has 1 aromatic heterocycles. The number of aromatic hydroxyl groups is 1. The largest absolute Gasteiger partial charge is 0.503 e. The highest BCUT2D eigenvalue weighted by Gasteiger charge is 2.23. The Labute approximate surface area is 151 Å². The second-order valence-electron chi connectivity index (χ2n) is 6.16. The second kappa shape index (κ2) is 7.45. The molecule has 0 aliphatic rings. The van der Waals surface area contributed by atoms with Gasteiger partial charge < -0.3 is 19.5 Å². The molecule has 0 saturated carbocycles. The maximum atomic E-state index is 12.0. The summed E-state index contributed by atoms with van der Waals surface area (Å²) in [6.45, 7) is 1.84. The minimum atomic E-state index is -0.844. The maximum Gasteiger partial charge on any atom is 0.223 e. The molecule has 0 aliphatic heterocycles. The highest BCUT2D eigenvalue weighted by molar-refractivity contribution is 5.39. The molecule has 1 heterocycles. The van der Waals surface area contributed by atoms with E-state index in [4.69, 9.17) is 4.74 Å². The van der Waals surface area contributed by atoms with Crippen LogP contribution in [0.5, 0.6) is 11.5 Å². The average molecular weight is 351 g/mol. The van der Waals surface area contributed by atoms with Crippen molar-refractivity contribution in [3.63, 3.8) is 0 Å². The quantitative estimate of drug-likeness (QED) is 0.739. The number of benzene rings is 2. The monoisotopic (exact) mass is 351 g/mol. The number of nitrogens with zero attached hydrogens (tertiary/aromatic N) is 1. The third-order valence-corrected chi connectivity index (χ3v) is 4.47. The highest BCUT2D eigenvalue weighted by Crippen LogP contribution is 2.33. The lowest BCUT2D eigenvalue weighted by Gasteiger charge is -2.24. The summed E-state index contributed by atoms with van der Waals surface area (Å²) in [5.41, 5.74) is 1.62. The Morgan fingerprint density at radius 3 is 2.46 bits per heavy atom. The number of pyridine rings is 1. The number of para-hydroxylation sites is 1. The van der Waals surface area contributed by atoms with Crippen LogP contribution >= 0.6 is 0 Å². The van der Waals surface area contributed by atoms with Crippen LogP contribution in [0.15, 0.2) is 71.7 Å². The highest BCUT2D eigenvalue weighted by atomic mass is 16.5. The maximum absolute atomic E-state index is 12.0. The first-order valence-electron chi connectivity index (χ1n) is 8.34. The van der Waals surface area contributed by atoms with Crippen molar-refractivity contribution < 1.29 is 14.9 Å². The number of methoxy groups -OCH3 is 1. The van der Waals surface area contributed by atoms with E-state index in [9.17, 15) is 15.0 Å². The van der Waals surface area contributed by atoms with Crippen LogP contribution in [0.3, 0.4) is 0 Å². The van der Waals surface area contributed by atoms with Crippen molar-refractivity contribution >= 4 is 0 Å². The molecule has 0 radical (unpaired) electrons. The lowest BCUT2D eigenvalue weighted by atomic mass is 9.93. The lowest BCUT2D eigenvalue weighted by Crippen LogP contribution is -2.17. The van der Waals surface area contributed by atoms with Gasteiger partial charge in [-0.2, -0.15) is 0 Å². The first kappa shape index (κ1) is 17.8. The van der Waals surface area contributed by atoms with E-state index in [0.29, 0.717) is 17.0 Å². The zero-order valence-electron chi connectivity index (χ0n) is 14.7. The Balaban J connectivity index is 2.07. The molecule has 0 saturated heterocycles. The van der Waals surface area contributed by atoms with Gasteiger partial charge in [0.2, 0.25) is 5.43 Å². The zero-order chi connectivity index (χ0) is 18.7. The van der Waals surface area contributed by atoms with Gasteiger partial charge in [-0.25, -0.2) is 0 Å². The Morgan fingerprint density at radius 1 is 1.04 bits per heavy atom. The number of aliphatic hydroxyl groups excluding tert-OH is 1. The molecule has 5 nitrogen and oxygen atoms in total. The number of aromatic nitrogens is 1. The van der Waals surface area contributed by atoms with E-state index >= 15 is 0 Å². The molecule has 0 fully saturated rings. The molecule has 2 atom stereocenters. The normalized spacial score (nSPS) is 13.2. The Kier molecular flexibility index (Phi) is 5.09. The smallest absolute Gasteiger partial charge is 0.223 e. The SMILES string of the molecule is COc1cccc(C(O)C(C)c2cc(=O)c(O)cn2-c2ccccc2)c1. The van der Waals surface area contributed by atoms with Gasteiger partial charge in [0.25, 0.3) is 0 Å². The van der Waals surface area contributed by atoms with E-state index in [-0.39, 0.29) is 5.75 Å². The molecule has 0 spiro atoms. The first-order valence-corrected chi connectivity index (χ1v) is 8.34. The van der Waals surface area contributed by atoms with Gasteiger partial charge in [0.05, 0.1) is 19.4 Å². The summed E-state index contributed by atoms with van der Waals surface area (Å²) in [4.78, 5) is 12.0. The Morgan fingerprint density at radius 2 is 1.77 bits per heavy atom. The molecule has 3 rings (SSSR count). The minimum Gasteiger partial charge on any atom is -0.503 e. The molecule has 3 aromatic rings. The van der Waals surface area contributed by atoms with Crippen molar-refractivity contribution in [1.29, 1.82) is 0 Å². The van der Waals surface area contributed by atoms with Gasteiger partial charge in [-0.15, -0.1) is 0 Å². The third kappa shape index (κ3) is 3.48. The van der Waals surface area contributed by atoms with Crippen molar-refractivity contribution in [3.8, 4) is 17.2 Å². The summed E-state index contributed by atoms with van der Waals surface area (Å²) in [6, 6.07) is 18.0. The molecule has 0 aliphatic carbocycles. The van der Waals surface area contributed by atoms with Gasteiger partial charge in [-0.1, -0.05) is 37.3 Å². The molecule has 134 valence electrons. The number of hydrogen-bond donors (Lipinski definition) is 2. The van der Waals surface area contributed by atoms with Gasteiger partial charge >= 0.3 is 0 Å². The van der Waals surface area contributed by atoms with E-state index in [0.717, 1.165) is 5.69 Å². The molecular weight excluding hydrogens is 330 g/mol. The van der Waals surface area contributed by atoms with Crippen LogP contribution in [0, 0.1) is 0 Å². The summed E-state index contributed by atoms with van der Waals surface area (Å²) < 4.78 is 6.95. The fraction of sp³-hybridized carbons (Fsp3) is 0.190. The van der Waals surface area contributed by atoms with Gasteiger partial charge in [0.15, 0.2) is 5.75 Å². The molecular formula is C21H21NO4. The minimum absolute atomic E-state index is 0.333. The van der Waals surface area contributed by atoms with Crippen LogP contribution in [0.25, 0.3) is 5.69 Å². The van der Waals surface area contributed by atoms with Crippen molar-refractivity contribution in [2.24, 2.45) is 0 Å². The predicted octanol–water partition coefficient (Wildman–Crippen LogP) is 3.39. The summed E-state index contributed by atoms with van der Waals surface area (Å²) in [5.74, 6) is -0.0730. The number of hydrogen-bond acceptors (Lipinski definition) is 4. The Hall–Kier alpha value is -3.05. The molecule has 5 heteroatoms. The topological polar surface area (TPSA) is 71.7 Å². The van der Waals surface area contributed by atoms with E-state index in [1.807, 2.05) is 49.4 Å². The molecule has 26 heavy (non-hydrogen) atoms. The zero-order valence-corrected chi connectivity index (χ0v) is 14.7. The van der Waals surface area contributed by atoms with Gasteiger partial charge in [-0.05, 0) is 29.8 Å². The van der Waals surface area contributed by atoms with Gasteiger partial charge in [0.1, 0.15) is 5.75 Å². The molecule has 0 amide bonds. The third-order valence-electron chi connectivity index (χ3n) is 4.47. The standard InChI is InChI=1S/C21H21NO4/c1-14(21(25)15-7-6-10-17(11-15)26-2)18-12-19(23)20(24)13-22(18)16-8-4-3-5-9-16/h3-14,21,24-25H,1-2H3. The summed E-state index contributed by atoms with van der Waals surface area (Å²) >= 11 is 0. The number of ether oxygens (including phenoxy) is 1. The van der Waals surface area contributed by atoms with E-state index in [1.165, 1.54) is 12.3 Å². The van der Waals surface area contributed by atoms with E-state index in [1.54, 1.807) is 23.8 Å². The predicted molar refractivity (Wildman–Crippen MR) is 100 cm³/mol. The summed E-state index contributed by atoms with van der Waals surface area (Å²) in [5, 5.41) is 20.7. The molecule has 2 aromatic carbocycles. The lowest BCUT2D eigenvalue weighted by molar-refractivity contribution is 0.148. The van der Waals surface area contributed by atoms with E-state index < -0.39 is 17.5 Å². The van der Waals surface area contributed by atoms with Crippen LogP contribution in [-0.4, -0.2) is 21.9 Å². The van der Waals surface area contributed by atoms with Gasteiger partial charge in [-0.3, -0.25) is 4.79 Å². The van der Waals surface area contributed by atoms with Crippen LogP contribution in [-0.2, 0) is 0 Å². The van der Waals surface area contributed by atoms with Gasteiger partial charge in [0, 0.05) is 23.4 Å². The van der Waals surface area contributed by atoms with Crippen LogP contribution in [0.1, 0.15) is 30.2 Å². The van der Waals surface area contributed by atoms with Crippen molar-refractivity contribution in [2.75, 3.05) is 7.11 Å². The van der Waals surface area contributed by atoms with Crippen LogP contribution in [0.4, 0.5) is 0 Å². The molecule has 0 bridgehead atoms. The second-order valence-corrected chi connectivity index (χ2v) is 6.16. The first-order chi connectivity index (χ1) is 12.5. The van der Waals surface area contributed by atoms with Crippen LogP contribution < -0.4 is 10.2 Å². The van der Waals surface area contributed by atoms with Crippen molar-refractivity contribution in [1.82, 2.24) is 4.57 Å². The van der Waals surface area contributed by atoms with Crippen LogP contribution in [0.2, 0.25) is 0 Å². The average Bonchev–Trinajstić information content (AvgIpc) is 2.69. The molecule has 2 N–H and O–H groups in total. The molecule has 2 unspecified atom stereocenters. The fourth-order valence-corrected chi connectivity index (χ4v) is 2.98. The number of rotatable bonds is 5. The fourth-order valence-electron chi connectivity index (χ4n) is 2.98. The van der Waals surface area contributed by atoms with E-state index in [2.05, 4.69) is 0 Å². The van der Waals surface area contributed by atoms with Crippen molar-refractivity contribution in [3.05, 3.63) is 88.3 Å². The number of aliphatic hydroxyl groups is 1. The summed E-state index contributed by atoms with van der Waals surface area (Å²) in [6.07, 6.45) is 0.547.